The molecule has 108 valence electrons. The average Bonchev–Trinajstić information content (AvgIpc) is 2.42. The van der Waals surface area contributed by atoms with E-state index in [0.717, 1.165) is 0 Å². The van der Waals surface area contributed by atoms with Gasteiger partial charge in [-0.05, 0) is 25.5 Å². The minimum atomic E-state index is -0.591. The molecule has 1 rings (SSSR count). The third-order valence-electron chi connectivity index (χ3n) is 2.40. The predicted octanol–water partition coefficient (Wildman–Crippen LogP) is 3.02. The number of para-hydroxylation sites is 1. The zero-order valence-electron chi connectivity index (χ0n) is 11.3. The van der Waals surface area contributed by atoms with Crippen molar-refractivity contribution >= 4 is 11.9 Å². The molecule has 0 saturated carbocycles. The number of rotatable bonds is 7. The van der Waals surface area contributed by atoms with Crippen molar-refractivity contribution < 1.29 is 23.5 Å². The summed E-state index contributed by atoms with van der Waals surface area (Å²) < 4.78 is 22.9. The third-order valence-corrected chi connectivity index (χ3v) is 2.40. The van der Waals surface area contributed by atoms with Gasteiger partial charge in [0.15, 0.2) is 11.6 Å². The van der Waals surface area contributed by atoms with Crippen LogP contribution in [0.5, 0.6) is 5.75 Å². The van der Waals surface area contributed by atoms with Gasteiger partial charge >= 0.3 is 11.9 Å². The summed E-state index contributed by atoms with van der Waals surface area (Å²) in [5.74, 6) is -1.64. The maximum atomic E-state index is 13.2. The van der Waals surface area contributed by atoms with Crippen LogP contribution in [0.15, 0.2) is 36.4 Å². The molecule has 4 nitrogen and oxygen atoms in total. The zero-order chi connectivity index (χ0) is 14.8. The van der Waals surface area contributed by atoms with E-state index in [0.29, 0.717) is 6.42 Å². The second-order valence-electron chi connectivity index (χ2n) is 4.01. The second-order valence-corrected chi connectivity index (χ2v) is 4.01. The molecule has 0 spiro atoms. The van der Waals surface area contributed by atoms with Crippen molar-refractivity contribution in [2.45, 2.75) is 26.2 Å². The van der Waals surface area contributed by atoms with Crippen LogP contribution in [0.1, 0.15) is 26.2 Å². The topological polar surface area (TPSA) is 52.6 Å². The first-order valence-electron chi connectivity index (χ1n) is 6.35. The molecule has 0 aliphatic rings. The van der Waals surface area contributed by atoms with Crippen molar-refractivity contribution in [3.63, 3.8) is 0 Å². The fraction of sp³-hybridized carbons (Fsp3) is 0.333. The molecule has 0 amide bonds. The number of hydrogen-bond donors (Lipinski definition) is 0. The summed E-state index contributed by atoms with van der Waals surface area (Å²) in [4.78, 5) is 22.7. The summed E-state index contributed by atoms with van der Waals surface area (Å²) in [6.45, 7) is 2.06. The molecule has 5 heteroatoms. The number of carbonyl (C=O) groups excluding carboxylic acids is 2. The first-order chi connectivity index (χ1) is 9.63. The highest BCUT2D eigenvalue weighted by Gasteiger charge is 2.10. The van der Waals surface area contributed by atoms with Gasteiger partial charge in [-0.15, -0.1) is 0 Å². The van der Waals surface area contributed by atoms with E-state index in [-0.39, 0.29) is 31.2 Å². The number of allylic oxidation sites excluding steroid dienone is 1. The van der Waals surface area contributed by atoms with Gasteiger partial charge in [-0.25, -0.2) is 4.39 Å². The van der Waals surface area contributed by atoms with Crippen LogP contribution in [0.25, 0.3) is 0 Å². The number of esters is 2. The molecule has 0 N–H and O–H groups in total. The predicted molar refractivity (Wildman–Crippen MR) is 71.7 cm³/mol. The molecule has 0 aliphatic heterocycles. The van der Waals surface area contributed by atoms with Crippen molar-refractivity contribution in [2.75, 3.05) is 6.61 Å². The summed E-state index contributed by atoms with van der Waals surface area (Å²) in [6.07, 6.45) is 3.96. The molecule has 1 aromatic carbocycles. The quantitative estimate of drug-likeness (QED) is 0.437. The van der Waals surface area contributed by atoms with Crippen molar-refractivity contribution in [3.05, 3.63) is 42.2 Å². The van der Waals surface area contributed by atoms with Gasteiger partial charge in [-0.2, -0.15) is 0 Å². The Kier molecular flexibility index (Phi) is 7.03. The van der Waals surface area contributed by atoms with Crippen LogP contribution >= 0.6 is 0 Å². The number of carbonyl (C=O) groups is 2. The van der Waals surface area contributed by atoms with E-state index in [1.54, 1.807) is 18.2 Å². The Bertz CT molecular complexity index is 483. The number of hydrogen-bond acceptors (Lipinski definition) is 4. The van der Waals surface area contributed by atoms with Crippen LogP contribution in [0, 0.1) is 5.82 Å². The molecule has 0 atom stereocenters. The molecule has 0 saturated heterocycles. The van der Waals surface area contributed by atoms with Gasteiger partial charge in [0.05, 0.1) is 0 Å². The lowest BCUT2D eigenvalue weighted by Crippen LogP contribution is -2.10. The second kappa shape index (κ2) is 8.85. The highest BCUT2D eigenvalue weighted by atomic mass is 19.1. The molecular formula is C15H17FO4. The first kappa shape index (κ1) is 15.9. The number of ether oxygens (including phenoxy) is 2. The van der Waals surface area contributed by atoms with Crippen LogP contribution in [-0.2, 0) is 14.3 Å². The van der Waals surface area contributed by atoms with E-state index < -0.39 is 11.8 Å². The van der Waals surface area contributed by atoms with Crippen molar-refractivity contribution in [3.8, 4) is 5.75 Å². The average molecular weight is 280 g/mol. The van der Waals surface area contributed by atoms with E-state index in [1.807, 2.05) is 6.92 Å². The monoisotopic (exact) mass is 280 g/mol. The summed E-state index contributed by atoms with van der Waals surface area (Å²) in [5, 5.41) is 0. The van der Waals surface area contributed by atoms with Gasteiger partial charge in [0.25, 0.3) is 0 Å². The lowest BCUT2D eigenvalue weighted by molar-refractivity contribution is -0.142. The maximum absolute atomic E-state index is 13.2. The minimum Gasteiger partial charge on any atom is -0.461 e. The van der Waals surface area contributed by atoms with E-state index in [9.17, 15) is 14.0 Å². The van der Waals surface area contributed by atoms with E-state index >= 15 is 0 Å². The third kappa shape index (κ3) is 6.13. The molecule has 0 radical (unpaired) electrons. The first-order valence-corrected chi connectivity index (χ1v) is 6.35. The molecular weight excluding hydrogens is 263 g/mol. The fourth-order valence-electron chi connectivity index (χ4n) is 1.39. The molecule has 1 aromatic rings. The van der Waals surface area contributed by atoms with Gasteiger partial charge in [-0.1, -0.05) is 24.3 Å². The van der Waals surface area contributed by atoms with E-state index in [1.165, 1.54) is 18.2 Å². The normalized spacial score (nSPS) is 10.5. The van der Waals surface area contributed by atoms with Crippen LogP contribution in [0.3, 0.4) is 0 Å². The molecule has 20 heavy (non-hydrogen) atoms. The molecule has 0 fully saturated rings. The highest BCUT2D eigenvalue weighted by Crippen LogP contribution is 2.16. The Morgan fingerprint density at radius 1 is 1.20 bits per heavy atom. The Morgan fingerprint density at radius 3 is 2.60 bits per heavy atom. The van der Waals surface area contributed by atoms with Crippen molar-refractivity contribution in [1.29, 1.82) is 0 Å². The van der Waals surface area contributed by atoms with Gasteiger partial charge in [-0.3, -0.25) is 9.59 Å². The summed E-state index contributed by atoms with van der Waals surface area (Å²) in [7, 11) is 0. The fourth-order valence-corrected chi connectivity index (χ4v) is 1.39. The molecule has 0 bridgehead atoms. The van der Waals surface area contributed by atoms with Crippen molar-refractivity contribution in [1.82, 2.24) is 0 Å². The summed E-state index contributed by atoms with van der Waals surface area (Å²) >= 11 is 0. The van der Waals surface area contributed by atoms with Crippen LogP contribution in [0.2, 0.25) is 0 Å². The Labute approximate surface area is 117 Å². The van der Waals surface area contributed by atoms with Gasteiger partial charge in [0.2, 0.25) is 0 Å². The highest BCUT2D eigenvalue weighted by molar-refractivity contribution is 5.74. The Balaban J connectivity index is 2.24. The molecule has 0 aromatic heterocycles. The van der Waals surface area contributed by atoms with E-state index in [4.69, 9.17) is 9.47 Å². The Hall–Kier alpha value is -2.17. The SMILES string of the molecule is C/C=C/COC(=O)CCCC(=O)Oc1ccccc1F. The van der Waals surface area contributed by atoms with Crippen LogP contribution < -0.4 is 4.74 Å². The summed E-state index contributed by atoms with van der Waals surface area (Å²) in [5.41, 5.74) is 0. The maximum Gasteiger partial charge on any atom is 0.311 e. The molecule has 0 unspecified atom stereocenters. The largest absolute Gasteiger partial charge is 0.461 e. The van der Waals surface area contributed by atoms with Crippen molar-refractivity contribution in [2.24, 2.45) is 0 Å². The minimum absolute atomic E-state index is 0.0348. The molecule has 0 aliphatic carbocycles. The smallest absolute Gasteiger partial charge is 0.311 e. The number of halogens is 1. The van der Waals surface area contributed by atoms with Gasteiger partial charge in [0, 0.05) is 12.8 Å². The van der Waals surface area contributed by atoms with Gasteiger partial charge in [0.1, 0.15) is 6.61 Å². The lowest BCUT2D eigenvalue weighted by atomic mass is 10.2. The van der Waals surface area contributed by atoms with E-state index in [2.05, 4.69) is 0 Å². The van der Waals surface area contributed by atoms with Gasteiger partial charge < -0.3 is 9.47 Å². The summed E-state index contributed by atoms with van der Waals surface area (Å²) in [6, 6.07) is 5.66. The molecule has 0 heterocycles. The Morgan fingerprint density at radius 2 is 1.90 bits per heavy atom. The standard InChI is InChI=1S/C15H17FO4/c1-2-3-11-19-14(17)9-6-10-15(18)20-13-8-5-4-7-12(13)16/h2-5,7-8H,6,9-11H2,1H3/b3-2+. The van der Waals surface area contributed by atoms with Crippen LogP contribution in [-0.4, -0.2) is 18.5 Å². The lowest BCUT2D eigenvalue weighted by Gasteiger charge is -2.05. The number of benzene rings is 1. The van der Waals surface area contributed by atoms with Crippen LogP contribution in [0.4, 0.5) is 4.39 Å². The zero-order valence-corrected chi connectivity index (χ0v) is 11.3.